The zero-order chi connectivity index (χ0) is 11.3. The number of ether oxygens (including phenoxy) is 1. The third-order valence-electron chi connectivity index (χ3n) is 2.46. The topological polar surface area (TPSA) is 29.5 Å². The first-order valence-electron chi connectivity index (χ1n) is 5.12. The van der Waals surface area contributed by atoms with Crippen LogP contribution in [-0.4, -0.2) is 18.3 Å². The molecule has 0 aliphatic carbocycles. The molecule has 0 bridgehead atoms. The molecule has 0 saturated carbocycles. The minimum Gasteiger partial charge on any atom is -0.493 e. The average molecular weight is 212 g/mol. The van der Waals surface area contributed by atoms with Gasteiger partial charge in [-0.25, -0.2) is 4.39 Å². The molecule has 1 aromatic carbocycles. The van der Waals surface area contributed by atoms with Crippen LogP contribution >= 0.6 is 0 Å². The molecule has 0 aliphatic heterocycles. The van der Waals surface area contributed by atoms with Gasteiger partial charge in [-0.15, -0.1) is 0 Å². The number of hydrogen-bond acceptors (Lipinski definition) is 2. The van der Waals surface area contributed by atoms with E-state index < -0.39 is 0 Å². The maximum atomic E-state index is 12.6. The van der Waals surface area contributed by atoms with Crippen LogP contribution in [0.15, 0.2) is 24.3 Å². The van der Waals surface area contributed by atoms with Crippen molar-refractivity contribution in [3.63, 3.8) is 0 Å². The van der Waals surface area contributed by atoms with Gasteiger partial charge in [0.2, 0.25) is 0 Å². The molecule has 15 heavy (non-hydrogen) atoms. The van der Waals surface area contributed by atoms with E-state index in [0.717, 1.165) is 0 Å². The fourth-order valence-corrected chi connectivity index (χ4v) is 1.19. The molecule has 84 valence electrons. The van der Waals surface area contributed by atoms with Crippen LogP contribution < -0.4 is 4.74 Å². The van der Waals surface area contributed by atoms with Crippen molar-refractivity contribution in [2.45, 2.75) is 13.8 Å². The maximum absolute atomic E-state index is 12.6. The minimum absolute atomic E-state index is 0.110. The Balaban J connectivity index is 2.45. The van der Waals surface area contributed by atoms with E-state index in [0.29, 0.717) is 18.3 Å². The van der Waals surface area contributed by atoms with E-state index in [1.807, 2.05) is 13.8 Å². The summed E-state index contributed by atoms with van der Waals surface area (Å²) in [6.45, 7) is 4.64. The van der Waals surface area contributed by atoms with Crippen molar-refractivity contribution >= 4 is 0 Å². The highest BCUT2D eigenvalue weighted by molar-refractivity contribution is 5.21. The van der Waals surface area contributed by atoms with E-state index in [4.69, 9.17) is 9.84 Å². The molecule has 0 fully saturated rings. The Morgan fingerprint density at radius 3 is 2.33 bits per heavy atom. The molecule has 1 unspecified atom stereocenters. The quantitative estimate of drug-likeness (QED) is 0.812. The third kappa shape index (κ3) is 3.88. The largest absolute Gasteiger partial charge is 0.493 e. The third-order valence-corrected chi connectivity index (χ3v) is 2.46. The predicted octanol–water partition coefficient (Wildman–Crippen LogP) is 2.47. The fraction of sp³-hybridized carbons (Fsp3) is 0.500. The second kappa shape index (κ2) is 5.71. The lowest BCUT2D eigenvalue weighted by molar-refractivity contribution is 0.130. The number of halogens is 1. The van der Waals surface area contributed by atoms with Gasteiger partial charge in [0.25, 0.3) is 0 Å². The summed E-state index contributed by atoms with van der Waals surface area (Å²) < 4.78 is 18.0. The highest BCUT2D eigenvalue weighted by Crippen LogP contribution is 2.15. The molecule has 0 aliphatic rings. The first-order chi connectivity index (χ1) is 7.13. The summed E-state index contributed by atoms with van der Waals surface area (Å²) in [6, 6.07) is 5.89. The number of aliphatic hydroxyl groups is 1. The molecule has 0 aromatic heterocycles. The van der Waals surface area contributed by atoms with Gasteiger partial charge in [-0.1, -0.05) is 13.8 Å². The standard InChI is InChI=1S/C12H17FO2/c1-9(2)10(7-14)8-15-12-5-3-11(13)4-6-12/h3-6,9-10,14H,7-8H2,1-2H3. The van der Waals surface area contributed by atoms with E-state index in [-0.39, 0.29) is 18.3 Å². The van der Waals surface area contributed by atoms with Crippen molar-refractivity contribution in [3.8, 4) is 5.75 Å². The summed E-state index contributed by atoms with van der Waals surface area (Å²) in [6.07, 6.45) is 0. The molecule has 0 amide bonds. The highest BCUT2D eigenvalue weighted by atomic mass is 19.1. The zero-order valence-corrected chi connectivity index (χ0v) is 9.11. The molecule has 1 aromatic rings. The van der Waals surface area contributed by atoms with Crippen LogP contribution in [0.2, 0.25) is 0 Å². The lowest BCUT2D eigenvalue weighted by Crippen LogP contribution is -2.21. The van der Waals surface area contributed by atoms with Gasteiger partial charge in [-0.2, -0.15) is 0 Å². The summed E-state index contributed by atoms with van der Waals surface area (Å²) in [4.78, 5) is 0. The molecule has 3 heteroatoms. The molecule has 1 atom stereocenters. The van der Waals surface area contributed by atoms with E-state index in [9.17, 15) is 4.39 Å². The molecule has 0 radical (unpaired) electrons. The van der Waals surface area contributed by atoms with Crippen LogP contribution in [-0.2, 0) is 0 Å². The Kier molecular flexibility index (Phi) is 4.56. The SMILES string of the molecule is CC(C)C(CO)COc1ccc(F)cc1. The van der Waals surface area contributed by atoms with Gasteiger partial charge in [0.05, 0.1) is 6.61 Å². The van der Waals surface area contributed by atoms with Crippen molar-refractivity contribution in [2.24, 2.45) is 11.8 Å². The second-order valence-electron chi connectivity index (χ2n) is 3.95. The van der Waals surface area contributed by atoms with Crippen molar-refractivity contribution in [3.05, 3.63) is 30.1 Å². The molecular formula is C12H17FO2. The summed E-state index contributed by atoms with van der Waals surface area (Å²) in [5.41, 5.74) is 0. The molecule has 0 spiro atoms. The molecular weight excluding hydrogens is 195 g/mol. The molecule has 1 N–H and O–H groups in total. The van der Waals surface area contributed by atoms with Gasteiger partial charge >= 0.3 is 0 Å². The van der Waals surface area contributed by atoms with E-state index in [1.54, 1.807) is 12.1 Å². The monoisotopic (exact) mass is 212 g/mol. The van der Waals surface area contributed by atoms with Crippen molar-refractivity contribution in [1.82, 2.24) is 0 Å². The summed E-state index contributed by atoms with van der Waals surface area (Å²) in [7, 11) is 0. The molecule has 1 rings (SSSR count). The number of hydrogen-bond donors (Lipinski definition) is 1. The van der Waals surface area contributed by atoms with Crippen LogP contribution in [0.5, 0.6) is 5.75 Å². The van der Waals surface area contributed by atoms with Crippen LogP contribution in [0.4, 0.5) is 4.39 Å². The predicted molar refractivity (Wildman–Crippen MR) is 57.3 cm³/mol. The summed E-state index contributed by atoms with van der Waals surface area (Å²) in [5.74, 6) is 0.853. The Morgan fingerprint density at radius 1 is 1.27 bits per heavy atom. The van der Waals surface area contributed by atoms with Crippen molar-refractivity contribution < 1.29 is 14.2 Å². The van der Waals surface area contributed by atoms with E-state index >= 15 is 0 Å². The van der Waals surface area contributed by atoms with Gasteiger partial charge in [0.1, 0.15) is 11.6 Å². The molecule has 0 saturated heterocycles. The Bertz CT molecular complexity index is 282. The Hall–Kier alpha value is -1.09. The van der Waals surface area contributed by atoms with Crippen LogP contribution in [0.1, 0.15) is 13.8 Å². The van der Waals surface area contributed by atoms with Gasteiger partial charge in [0.15, 0.2) is 0 Å². The Morgan fingerprint density at radius 2 is 1.87 bits per heavy atom. The summed E-state index contributed by atoms with van der Waals surface area (Å²) in [5, 5.41) is 9.08. The van der Waals surface area contributed by atoms with Gasteiger partial charge in [-0.3, -0.25) is 0 Å². The minimum atomic E-state index is -0.273. The number of rotatable bonds is 5. The molecule has 2 nitrogen and oxygen atoms in total. The lowest BCUT2D eigenvalue weighted by atomic mass is 9.98. The number of benzene rings is 1. The lowest BCUT2D eigenvalue weighted by Gasteiger charge is -2.18. The van der Waals surface area contributed by atoms with Crippen molar-refractivity contribution in [2.75, 3.05) is 13.2 Å². The highest BCUT2D eigenvalue weighted by Gasteiger charge is 2.12. The van der Waals surface area contributed by atoms with Gasteiger partial charge < -0.3 is 9.84 Å². The maximum Gasteiger partial charge on any atom is 0.123 e. The van der Waals surface area contributed by atoms with Crippen molar-refractivity contribution in [1.29, 1.82) is 0 Å². The summed E-state index contributed by atoms with van der Waals surface area (Å²) >= 11 is 0. The van der Waals surface area contributed by atoms with Gasteiger partial charge in [-0.05, 0) is 30.2 Å². The first-order valence-corrected chi connectivity index (χ1v) is 5.12. The molecule has 0 heterocycles. The second-order valence-corrected chi connectivity index (χ2v) is 3.95. The Labute approximate surface area is 89.7 Å². The van der Waals surface area contributed by atoms with Crippen LogP contribution in [0.25, 0.3) is 0 Å². The number of aliphatic hydroxyl groups excluding tert-OH is 1. The fourth-order valence-electron chi connectivity index (χ4n) is 1.19. The average Bonchev–Trinajstić information content (AvgIpc) is 2.21. The van der Waals surface area contributed by atoms with E-state index in [1.165, 1.54) is 12.1 Å². The normalized spacial score (nSPS) is 12.9. The van der Waals surface area contributed by atoms with E-state index in [2.05, 4.69) is 0 Å². The van der Waals surface area contributed by atoms with Crippen LogP contribution in [0, 0.1) is 17.7 Å². The van der Waals surface area contributed by atoms with Crippen LogP contribution in [0.3, 0.4) is 0 Å². The first kappa shape index (κ1) is 12.0. The smallest absolute Gasteiger partial charge is 0.123 e. The van der Waals surface area contributed by atoms with Gasteiger partial charge in [0, 0.05) is 12.5 Å². The zero-order valence-electron chi connectivity index (χ0n) is 9.11.